The van der Waals surface area contributed by atoms with Gasteiger partial charge in [-0.1, -0.05) is 30.3 Å². The van der Waals surface area contributed by atoms with E-state index in [2.05, 4.69) is 41.8 Å². The van der Waals surface area contributed by atoms with Gasteiger partial charge in [0.25, 0.3) is 0 Å². The van der Waals surface area contributed by atoms with Gasteiger partial charge >= 0.3 is 0 Å². The second kappa shape index (κ2) is 5.65. The summed E-state index contributed by atoms with van der Waals surface area (Å²) in [6, 6.07) is 13.1. The highest BCUT2D eigenvalue weighted by molar-refractivity contribution is 5.59. The lowest BCUT2D eigenvalue weighted by Gasteiger charge is -2.22. The maximum absolute atomic E-state index is 9.42. The second-order valence-corrected chi connectivity index (χ2v) is 5.91. The van der Waals surface area contributed by atoms with Crippen LogP contribution < -0.4 is 5.73 Å². The van der Waals surface area contributed by atoms with Crippen LogP contribution in [0.25, 0.3) is 0 Å². The van der Waals surface area contributed by atoms with E-state index >= 15 is 0 Å². The molecular formula is C18H21N3. The Kier molecular flexibility index (Phi) is 3.70. The highest BCUT2D eigenvalue weighted by atomic mass is 15.1. The average Bonchev–Trinajstić information content (AvgIpc) is 2.79. The Balaban J connectivity index is 1.98. The van der Waals surface area contributed by atoms with Crippen molar-refractivity contribution in [2.45, 2.75) is 45.1 Å². The third kappa shape index (κ3) is 2.42. The maximum Gasteiger partial charge on any atom is 0.122 e. The first-order chi connectivity index (χ1) is 10.2. The van der Waals surface area contributed by atoms with E-state index in [0.717, 1.165) is 25.7 Å². The molecule has 0 bridgehead atoms. The fourth-order valence-electron chi connectivity index (χ4n) is 3.52. The molecule has 1 aliphatic rings. The van der Waals surface area contributed by atoms with Gasteiger partial charge < -0.3 is 10.3 Å². The highest BCUT2D eigenvalue weighted by Crippen LogP contribution is 2.34. The molecule has 1 aromatic heterocycles. The largest absolute Gasteiger partial charge is 0.384 e. The van der Waals surface area contributed by atoms with E-state index in [-0.39, 0.29) is 6.04 Å². The Hall–Kier alpha value is -2.21. The normalized spacial score (nSPS) is 15.2. The van der Waals surface area contributed by atoms with Gasteiger partial charge in [-0.25, -0.2) is 0 Å². The lowest BCUT2D eigenvalue weighted by Crippen LogP contribution is -2.16. The summed E-state index contributed by atoms with van der Waals surface area (Å²) in [6.45, 7) is 2.19. The molecule has 0 spiro atoms. The van der Waals surface area contributed by atoms with Gasteiger partial charge in [0.15, 0.2) is 0 Å². The minimum absolute atomic E-state index is 0.279. The number of nitrogen functional groups attached to an aromatic ring is 1. The molecule has 0 fully saturated rings. The van der Waals surface area contributed by atoms with Crippen molar-refractivity contribution < 1.29 is 0 Å². The molecule has 21 heavy (non-hydrogen) atoms. The van der Waals surface area contributed by atoms with Crippen LogP contribution >= 0.6 is 0 Å². The van der Waals surface area contributed by atoms with Gasteiger partial charge in [-0.15, -0.1) is 0 Å². The summed E-state index contributed by atoms with van der Waals surface area (Å²) in [6.07, 6.45) is 5.34. The first-order valence-corrected chi connectivity index (χ1v) is 7.67. The number of nitriles is 1. The molecule has 1 aliphatic carbocycles. The van der Waals surface area contributed by atoms with Crippen molar-refractivity contribution >= 4 is 5.82 Å². The lowest BCUT2D eigenvalue weighted by atomic mass is 9.95. The summed E-state index contributed by atoms with van der Waals surface area (Å²) in [5.74, 6) is 0.660. The summed E-state index contributed by atoms with van der Waals surface area (Å²) < 4.78 is 2.21. The maximum atomic E-state index is 9.42. The molecule has 3 rings (SSSR count). The van der Waals surface area contributed by atoms with E-state index in [4.69, 9.17) is 5.73 Å². The van der Waals surface area contributed by atoms with Crippen LogP contribution in [0.15, 0.2) is 30.3 Å². The quantitative estimate of drug-likeness (QED) is 0.932. The van der Waals surface area contributed by atoms with Gasteiger partial charge in [-0.3, -0.25) is 0 Å². The molecule has 0 radical (unpaired) electrons. The van der Waals surface area contributed by atoms with Crippen molar-refractivity contribution in [1.29, 1.82) is 5.26 Å². The number of rotatable bonds is 3. The molecule has 0 saturated carbocycles. The number of hydrogen-bond acceptors (Lipinski definition) is 2. The third-order valence-electron chi connectivity index (χ3n) is 4.47. The van der Waals surface area contributed by atoms with Crippen molar-refractivity contribution in [3.05, 3.63) is 52.7 Å². The summed E-state index contributed by atoms with van der Waals surface area (Å²) in [7, 11) is 0. The molecule has 1 heterocycles. The van der Waals surface area contributed by atoms with Gasteiger partial charge in [-0.05, 0) is 50.2 Å². The molecule has 0 saturated heterocycles. The predicted molar refractivity (Wildman–Crippen MR) is 85.1 cm³/mol. The SMILES string of the molecule is C[C@@H](Cc1ccccc1)n1c(N)c(C#N)c2c1CCCC2. The second-order valence-electron chi connectivity index (χ2n) is 5.91. The smallest absolute Gasteiger partial charge is 0.122 e. The standard InChI is InChI=1S/C18H21N3/c1-13(11-14-7-3-2-4-8-14)21-17-10-6-5-9-15(17)16(12-19)18(21)20/h2-4,7-8,13H,5-6,9-11,20H2,1H3/t13-/m0/s1. The molecule has 108 valence electrons. The Labute approximate surface area is 126 Å². The Morgan fingerprint density at radius 1 is 1.24 bits per heavy atom. The number of hydrogen-bond donors (Lipinski definition) is 1. The van der Waals surface area contributed by atoms with Gasteiger partial charge in [0, 0.05) is 11.7 Å². The number of benzene rings is 1. The zero-order valence-electron chi connectivity index (χ0n) is 12.5. The summed E-state index contributed by atoms with van der Waals surface area (Å²) in [5, 5.41) is 9.42. The molecule has 0 unspecified atom stereocenters. The first kappa shape index (κ1) is 13.8. The van der Waals surface area contributed by atoms with E-state index in [1.807, 2.05) is 6.07 Å². The zero-order chi connectivity index (χ0) is 14.8. The fourth-order valence-corrected chi connectivity index (χ4v) is 3.52. The van der Waals surface area contributed by atoms with Crippen molar-refractivity contribution in [1.82, 2.24) is 4.57 Å². The van der Waals surface area contributed by atoms with Crippen LogP contribution in [0.2, 0.25) is 0 Å². The number of anilines is 1. The van der Waals surface area contributed by atoms with Crippen molar-refractivity contribution in [3.8, 4) is 6.07 Å². The molecule has 0 amide bonds. The number of aromatic nitrogens is 1. The van der Waals surface area contributed by atoms with Crippen LogP contribution in [-0.2, 0) is 19.3 Å². The number of fused-ring (bicyclic) bond motifs is 1. The van der Waals surface area contributed by atoms with Crippen molar-refractivity contribution in [2.24, 2.45) is 0 Å². The Morgan fingerprint density at radius 2 is 1.95 bits per heavy atom. The molecule has 3 heteroatoms. The van der Waals surface area contributed by atoms with Crippen LogP contribution in [0.3, 0.4) is 0 Å². The number of nitrogens with zero attached hydrogens (tertiary/aromatic N) is 2. The Bertz CT molecular complexity index is 677. The first-order valence-electron chi connectivity index (χ1n) is 7.67. The fraction of sp³-hybridized carbons (Fsp3) is 0.389. The van der Waals surface area contributed by atoms with Crippen molar-refractivity contribution in [3.63, 3.8) is 0 Å². The Morgan fingerprint density at radius 3 is 2.67 bits per heavy atom. The molecule has 2 aromatic rings. The van der Waals surface area contributed by atoms with E-state index in [9.17, 15) is 5.26 Å². The minimum atomic E-state index is 0.279. The monoisotopic (exact) mass is 279 g/mol. The average molecular weight is 279 g/mol. The lowest BCUT2D eigenvalue weighted by molar-refractivity contribution is 0.515. The molecule has 2 N–H and O–H groups in total. The minimum Gasteiger partial charge on any atom is -0.384 e. The highest BCUT2D eigenvalue weighted by Gasteiger charge is 2.25. The van der Waals surface area contributed by atoms with Gasteiger partial charge in [-0.2, -0.15) is 5.26 Å². The third-order valence-corrected chi connectivity index (χ3v) is 4.47. The zero-order valence-corrected chi connectivity index (χ0v) is 12.5. The topological polar surface area (TPSA) is 54.7 Å². The van der Waals surface area contributed by atoms with Crippen LogP contribution in [0, 0.1) is 11.3 Å². The molecule has 1 atom stereocenters. The van der Waals surface area contributed by atoms with E-state index < -0.39 is 0 Å². The van der Waals surface area contributed by atoms with Crippen molar-refractivity contribution in [2.75, 3.05) is 5.73 Å². The summed E-state index contributed by atoms with van der Waals surface area (Å²) in [5.41, 5.74) is 10.8. The van der Waals surface area contributed by atoms with Gasteiger partial charge in [0.05, 0.1) is 5.56 Å². The summed E-state index contributed by atoms with van der Waals surface area (Å²) >= 11 is 0. The van der Waals surface area contributed by atoms with Crippen LogP contribution in [0.5, 0.6) is 0 Å². The van der Waals surface area contributed by atoms with Crippen LogP contribution in [-0.4, -0.2) is 4.57 Å². The van der Waals surface area contributed by atoms with Gasteiger partial charge in [0.2, 0.25) is 0 Å². The van der Waals surface area contributed by atoms with Crippen LogP contribution in [0.4, 0.5) is 5.82 Å². The molecule has 0 aliphatic heterocycles. The van der Waals surface area contributed by atoms with E-state index in [1.165, 1.54) is 23.2 Å². The predicted octanol–water partition coefficient (Wildman–Crippen LogP) is 3.62. The van der Waals surface area contributed by atoms with Gasteiger partial charge in [0.1, 0.15) is 11.9 Å². The summed E-state index contributed by atoms with van der Waals surface area (Å²) in [4.78, 5) is 0. The molecule has 3 nitrogen and oxygen atoms in total. The van der Waals surface area contributed by atoms with Crippen LogP contribution in [0.1, 0.15) is 48.2 Å². The van der Waals surface area contributed by atoms with E-state index in [0.29, 0.717) is 11.4 Å². The molecule has 1 aromatic carbocycles. The molecular weight excluding hydrogens is 258 g/mol. The number of nitrogens with two attached hydrogens (primary N) is 1. The van der Waals surface area contributed by atoms with E-state index in [1.54, 1.807) is 0 Å².